The summed E-state index contributed by atoms with van der Waals surface area (Å²) in [5.41, 5.74) is 0. The van der Waals surface area contributed by atoms with E-state index in [0.717, 1.165) is 5.06 Å². The molecule has 0 bridgehead atoms. The van der Waals surface area contributed by atoms with Crippen molar-refractivity contribution in [2.45, 2.75) is 13.0 Å². The molecule has 3 heteroatoms. The molecule has 8 heavy (non-hydrogen) atoms. The summed E-state index contributed by atoms with van der Waals surface area (Å²) in [5.74, 6) is 0.222. The third kappa shape index (κ3) is 0.992. The molecule has 1 heterocycles. The summed E-state index contributed by atoms with van der Waals surface area (Å²) in [6.45, 7) is 2.92. The molecule has 1 aliphatic rings. The highest BCUT2D eigenvalue weighted by atomic mass is 16.5. The lowest BCUT2D eigenvalue weighted by atomic mass is 10.1. The highest BCUT2D eigenvalue weighted by Crippen LogP contribution is 2.12. The van der Waals surface area contributed by atoms with Gasteiger partial charge in [0.25, 0.3) is 0 Å². The minimum Gasteiger partial charge on any atom is -0.391 e. The van der Waals surface area contributed by atoms with Crippen LogP contribution < -0.4 is 0 Å². The van der Waals surface area contributed by atoms with Gasteiger partial charge in [0.1, 0.15) is 0 Å². The summed E-state index contributed by atoms with van der Waals surface area (Å²) in [6, 6.07) is 0. The van der Waals surface area contributed by atoms with E-state index in [9.17, 15) is 0 Å². The van der Waals surface area contributed by atoms with Crippen molar-refractivity contribution in [3.63, 3.8) is 0 Å². The van der Waals surface area contributed by atoms with Crippen LogP contribution in [-0.4, -0.2) is 34.6 Å². The van der Waals surface area contributed by atoms with Crippen LogP contribution in [-0.2, 0) is 0 Å². The van der Waals surface area contributed by atoms with Gasteiger partial charge in [-0.3, -0.25) is 0 Å². The quantitative estimate of drug-likeness (QED) is 0.457. The molecule has 1 aliphatic heterocycles. The van der Waals surface area contributed by atoms with Crippen LogP contribution in [0, 0.1) is 5.92 Å². The van der Waals surface area contributed by atoms with E-state index in [4.69, 9.17) is 10.3 Å². The Morgan fingerprint density at radius 1 is 1.50 bits per heavy atom. The van der Waals surface area contributed by atoms with E-state index in [1.165, 1.54) is 0 Å². The van der Waals surface area contributed by atoms with E-state index in [1.54, 1.807) is 0 Å². The highest BCUT2D eigenvalue weighted by Gasteiger charge is 2.25. The molecule has 0 saturated carbocycles. The fourth-order valence-electron chi connectivity index (χ4n) is 0.925. The van der Waals surface area contributed by atoms with Crippen LogP contribution in [0.15, 0.2) is 0 Å². The standard InChI is InChI=1S/C5H11NO2/c1-4-2-6(8)3-5(4)7/h4-5,7-8H,2-3H2,1H3/t4-,5+/m0/s1. The molecule has 0 amide bonds. The average molecular weight is 117 g/mol. The van der Waals surface area contributed by atoms with Crippen LogP contribution in [0.5, 0.6) is 0 Å². The molecule has 0 unspecified atom stereocenters. The van der Waals surface area contributed by atoms with Crippen LogP contribution in [0.3, 0.4) is 0 Å². The number of β-amino-alcohol motifs (C(OH)–C–C–N with tert-alkyl or cyclic N) is 1. The fraction of sp³-hybridized carbons (Fsp3) is 1.00. The Bertz CT molecular complexity index is 76.5. The third-order valence-corrected chi connectivity index (χ3v) is 1.55. The second-order valence-corrected chi connectivity index (χ2v) is 2.42. The number of hydrogen-bond donors (Lipinski definition) is 2. The first-order valence-corrected chi connectivity index (χ1v) is 2.82. The van der Waals surface area contributed by atoms with Gasteiger partial charge in [-0.1, -0.05) is 6.92 Å². The molecular formula is C5H11NO2. The van der Waals surface area contributed by atoms with E-state index < -0.39 is 0 Å². The highest BCUT2D eigenvalue weighted by molar-refractivity contribution is 4.75. The van der Waals surface area contributed by atoms with Crippen LogP contribution in [0.25, 0.3) is 0 Å². The van der Waals surface area contributed by atoms with Crippen molar-refractivity contribution in [3.8, 4) is 0 Å². The molecule has 1 rings (SSSR count). The number of hydroxylamine groups is 2. The lowest BCUT2D eigenvalue weighted by Gasteiger charge is -2.01. The lowest BCUT2D eigenvalue weighted by Crippen LogP contribution is -2.17. The number of nitrogens with zero attached hydrogens (tertiary/aromatic N) is 1. The molecule has 1 saturated heterocycles. The summed E-state index contributed by atoms with van der Waals surface area (Å²) >= 11 is 0. The van der Waals surface area contributed by atoms with Crippen LogP contribution in [0.4, 0.5) is 0 Å². The zero-order chi connectivity index (χ0) is 6.15. The molecular weight excluding hydrogens is 106 g/mol. The third-order valence-electron chi connectivity index (χ3n) is 1.55. The van der Waals surface area contributed by atoms with E-state index >= 15 is 0 Å². The lowest BCUT2D eigenvalue weighted by molar-refractivity contribution is -0.0768. The first-order chi connectivity index (χ1) is 3.70. The number of aliphatic hydroxyl groups is 1. The molecule has 1 fully saturated rings. The van der Waals surface area contributed by atoms with Crippen LogP contribution >= 0.6 is 0 Å². The zero-order valence-corrected chi connectivity index (χ0v) is 4.91. The van der Waals surface area contributed by atoms with Gasteiger partial charge in [-0.05, 0) is 5.92 Å². The first-order valence-electron chi connectivity index (χ1n) is 2.82. The maximum atomic E-state index is 8.97. The minimum absolute atomic E-state index is 0.222. The Kier molecular flexibility index (Phi) is 1.51. The van der Waals surface area contributed by atoms with Gasteiger partial charge in [0.15, 0.2) is 0 Å². The summed E-state index contributed by atoms with van der Waals surface area (Å²) in [6.07, 6.45) is -0.333. The van der Waals surface area contributed by atoms with Crippen molar-refractivity contribution in [3.05, 3.63) is 0 Å². The Hall–Kier alpha value is -0.120. The van der Waals surface area contributed by atoms with Gasteiger partial charge in [-0.25, -0.2) is 0 Å². The molecule has 0 spiro atoms. The predicted octanol–water partition coefficient (Wildman–Crippen LogP) is -0.312. The van der Waals surface area contributed by atoms with Gasteiger partial charge in [0.05, 0.1) is 12.6 Å². The maximum Gasteiger partial charge on any atom is 0.0728 e. The van der Waals surface area contributed by atoms with Crippen molar-refractivity contribution in [2.24, 2.45) is 5.92 Å². The number of aliphatic hydroxyl groups excluding tert-OH is 1. The van der Waals surface area contributed by atoms with Gasteiger partial charge >= 0.3 is 0 Å². The average Bonchev–Trinajstić information content (AvgIpc) is 1.85. The Balaban J connectivity index is 2.39. The number of rotatable bonds is 0. The van der Waals surface area contributed by atoms with Gasteiger partial charge in [-0.15, -0.1) is 0 Å². The number of hydrogen-bond acceptors (Lipinski definition) is 3. The second kappa shape index (κ2) is 2.01. The molecule has 0 radical (unpaired) electrons. The molecule has 48 valence electrons. The molecule has 3 nitrogen and oxygen atoms in total. The van der Waals surface area contributed by atoms with Crippen molar-refractivity contribution < 1.29 is 10.3 Å². The molecule has 0 aromatic carbocycles. The van der Waals surface area contributed by atoms with Gasteiger partial charge in [-0.2, -0.15) is 5.06 Å². The predicted molar refractivity (Wildman–Crippen MR) is 28.5 cm³/mol. The minimum atomic E-state index is -0.333. The van der Waals surface area contributed by atoms with E-state index in [2.05, 4.69) is 0 Å². The fourth-order valence-corrected chi connectivity index (χ4v) is 0.925. The van der Waals surface area contributed by atoms with Crippen molar-refractivity contribution in [2.75, 3.05) is 13.1 Å². The molecule has 0 aliphatic carbocycles. The van der Waals surface area contributed by atoms with Crippen molar-refractivity contribution in [1.82, 2.24) is 5.06 Å². The molecule has 0 aromatic rings. The summed E-state index contributed by atoms with van der Waals surface area (Å²) in [7, 11) is 0. The Morgan fingerprint density at radius 3 is 2.25 bits per heavy atom. The van der Waals surface area contributed by atoms with Gasteiger partial charge in [0, 0.05) is 6.54 Å². The summed E-state index contributed by atoms with van der Waals surface area (Å²) in [4.78, 5) is 0. The van der Waals surface area contributed by atoms with Crippen molar-refractivity contribution >= 4 is 0 Å². The van der Waals surface area contributed by atoms with Crippen LogP contribution in [0.1, 0.15) is 6.92 Å². The monoisotopic (exact) mass is 117 g/mol. The van der Waals surface area contributed by atoms with E-state index in [1.807, 2.05) is 6.92 Å². The van der Waals surface area contributed by atoms with Crippen LogP contribution in [0.2, 0.25) is 0 Å². The normalized spacial score (nSPS) is 40.9. The Morgan fingerprint density at radius 2 is 2.12 bits per heavy atom. The maximum absolute atomic E-state index is 8.97. The molecule has 0 aromatic heterocycles. The second-order valence-electron chi connectivity index (χ2n) is 2.42. The zero-order valence-electron chi connectivity index (χ0n) is 4.91. The Labute approximate surface area is 48.5 Å². The smallest absolute Gasteiger partial charge is 0.0728 e. The topological polar surface area (TPSA) is 43.7 Å². The largest absolute Gasteiger partial charge is 0.391 e. The summed E-state index contributed by atoms with van der Waals surface area (Å²) in [5, 5.41) is 18.9. The summed E-state index contributed by atoms with van der Waals surface area (Å²) < 4.78 is 0. The van der Waals surface area contributed by atoms with E-state index in [-0.39, 0.29) is 12.0 Å². The van der Waals surface area contributed by atoms with E-state index in [0.29, 0.717) is 13.1 Å². The van der Waals surface area contributed by atoms with Gasteiger partial charge < -0.3 is 10.3 Å². The SMILES string of the molecule is C[C@H]1CN(O)C[C@H]1O. The van der Waals surface area contributed by atoms with Crippen molar-refractivity contribution in [1.29, 1.82) is 0 Å². The van der Waals surface area contributed by atoms with Gasteiger partial charge in [0.2, 0.25) is 0 Å². The first kappa shape index (κ1) is 6.01. The molecule has 2 N–H and O–H groups in total. The molecule has 2 atom stereocenters.